The molecule has 4 nitrogen and oxygen atoms in total. The van der Waals surface area contributed by atoms with Gasteiger partial charge in [-0.3, -0.25) is 4.79 Å². The monoisotopic (exact) mass is 364 g/mol. The molecular weight excluding hydrogens is 336 g/mol. The van der Waals surface area contributed by atoms with E-state index in [0.717, 1.165) is 45.6 Å². The number of carbonyl (C=O) groups is 1. The SMILES string of the molecule is CN(Cc1ccccc1N1CCOCC1)C(=O)C1CCCc2ccccc21. The molecule has 1 saturated heterocycles. The molecule has 4 rings (SSSR count). The first-order valence-electron chi connectivity index (χ1n) is 9.97. The zero-order valence-electron chi connectivity index (χ0n) is 16.1. The highest BCUT2D eigenvalue weighted by Crippen LogP contribution is 2.33. The summed E-state index contributed by atoms with van der Waals surface area (Å²) >= 11 is 0. The second-order valence-electron chi connectivity index (χ2n) is 7.57. The van der Waals surface area contributed by atoms with E-state index in [1.165, 1.54) is 22.4 Å². The van der Waals surface area contributed by atoms with Crippen LogP contribution in [-0.4, -0.2) is 44.2 Å². The quantitative estimate of drug-likeness (QED) is 0.831. The number of likely N-dealkylation sites (N-methyl/N-ethyl adjacent to an activating group) is 1. The van der Waals surface area contributed by atoms with E-state index in [1.54, 1.807) is 0 Å². The fourth-order valence-electron chi connectivity index (χ4n) is 4.37. The minimum absolute atomic E-state index is 0.00417. The molecule has 2 aromatic carbocycles. The fourth-order valence-corrected chi connectivity index (χ4v) is 4.37. The van der Waals surface area contributed by atoms with Crippen LogP contribution in [0.1, 0.15) is 35.4 Å². The molecule has 0 spiro atoms. The molecule has 1 fully saturated rings. The van der Waals surface area contributed by atoms with Crippen LogP contribution in [0.3, 0.4) is 0 Å². The van der Waals surface area contributed by atoms with Gasteiger partial charge in [0.25, 0.3) is 0 Å². The molecule has 4 heteroatoms. The molecule has 0 saturated carbocycles. The van der Waals surface area contributed by atoms with Crippen molar-refractivity contribution in [1.29, 1.82) is 0 Å². The lowest BCUT2D eigenvalue weighted by atomic mass is 9.82. The number of para-hydroxylation sites is 1. The van der Waals surface area contributed by atoms with Crippen LogP contribution in [0.5, 0.6) is 0 Å². The smallest absolute Gasteiger partial charge is 0.230 e. The first-order chi connectivity index (χ1) is 13.2. The molecule has 1 unspecified atom stereocenters. The third kappa shape index (κ3) is 3.86. The standard InChI is InChI=1S/C23H28N2O2/c1-24(23(26)21-11-6-9-18-7-2-4-10-20(18)21)17-19-8-3-5-12-22(19)25-13-15-27-16-14-25/h2-5,7-8,10,12,21H,6,9,11,13-17H2,1H3. The summed E-state index contributed by atoms with van der Waals surface area (Å²) in [5.41, 5.74) is 5.00. The minimum Gasteiger partial charge on any atom is -0.378 e. The van der Waals surface area contributed by atoms with Crippen molar-refractivity contribution in [2.75, 3.05) is 38.3 Å². The summed E-state index contributed by atoms with van der Waals surface area (Å²) in [6.45, 7) is 3.99. The van der Waals surface area contributed by atoms with Crippen LogP contribution in [0.25, 0.3) is 0 Å². The van der Waals surface area contributed by atoms with Crippen molar-refractivity contribution in [3.05, 3.63) is 65.2 Å². The number of anilines is 1. The number of nitrogens with zero attached hydrogens (tertiary/aromatic N) is 2. The van der Waals surface area contributed by atoms with Gasteiger partial charge in [0, 0.05) is 32.4 Å². The lowest BCUT2D eigenvalue weighted by molar-refractivity contribution is -0.132. The van der Waals surface area contributed by atoms with Gasteiger partial charge in [0.05, 0.1) is 19.1 Å². The van der Waals surface area contributed by atoms with E-state index in [1.807, 2.05) is 11.9 Å². The molecule has 142 valence electrons. The number of fused-ring (bicyclic) bond motifs is 1. The van der Waals surface area contributed by atoms with Gasteiger partial charge in [-0.25, -0.2) is 0 Å². The molecule has 2 aromatic rings. The van der Waals surface area contributed by atoms with Crippen LogP contribution in [0, 0.1) is 0 Å². The second kappa shape index (κ2) is 8.13. The molecular formula is C23H28N2O2. The van der Waals surface area contributed by atoms with Crippen molar-refractivity contribution in [2.45, 2.75) is 31.7 Å². The van der Waals surface area contributed by atoms with Gasteiger partial charge in [-0.1, -0.05) is 42.5 Å². The normalized spacial score (nSPS) is 19.4. The maximum atomic E-state index is 13.2. The molecule has 1 atom stereocenters. The number of aryl methyl sites for hydroxylation is 1. The highest BCUT2D eigenvalue weighted by Gasteiger charge is 2.29. The Bertz CT molecular complexity index is 798. The van der Waals surface area contributed by atoms with Crippen LogP contribution >= 0.6 is 0 Å². The van der Waals surface area contributed by atoms with Gasteiger partial charge >= 0.3 is 0 Å². The lowest BCUT2D eigenvalue weighted by Gasteiger charge is -2.32. The Balaban J connectivity index is 1.52. The largest absolute Gasteiger partial charge is 0.378 e. The van der Waals surface area contributed by atoms with E-state index in [2.05, 4.69) is 53.4 Å². The zero-order chi connectivity index (χ0) is 18.6. The van der Waals surface area contributed by atoms with Gasteiger partial charge in [0.2, 0.25) is 5.91 Å². The Hall–Kier alpha value is -2.33. The van der Waals surface area contributed by atoms with Crippen LogP contribution in [0.15, 0.2) is 48.5 Å². The Morgan fingerprint density at radius 2 is 1.85 bits per heavy atom. The van der Waals surface area contributed by atoms with Crippen molar-refractivity contribution in [1.82, 2.24) is 4.90 Å². The summed E-state index contributed by atoms with van der Waals surface area (Å²) in [5.74, 6) is 0.231. The average molecular weight is 364 g/mol. The number of ether oxygens (including phenoxy) is 1. The third-order valence-corrected chi connectivity index (χ3v) is 5.79. The summed E-state index contributed by atoms with van der Waals surface area (Å²) in [5, 5.41) is 0. The van der Waals surface area contributed by atoms with Crippen LogP contribution in [0.4, 0.5) is 5.69 Å². The topological polar surface area (TPSA) is 32.8 Å². The highest BCUT2D eigenvalue weighted by atomic mass is 16.5. The minimum atomic E-state index is -0.00417. The first-order valence-corrected chi connectivity index (χ1v) is 9.97. The lowest BCUT2D eigenvalue weighted by Crippen LogP contribution is -2.38. The fraction of sp³-hybridized carbons (Fsp3) is 0.435. The van der Waals surface area contributed by atoms with Gasteiger partial charge in [0.1, 0.15) is 0 Å². The van der Waals surface area contributed by atoms with Crippen molar-refractivity contribution in [2.24, 2.45) is 0 Å². The molecule has 1 aliphatic carbocycles. The second-order valence-corrected chi connectivity index (χ2v) is 7.57. The Labute approximate surface area is 161 Å². The van der Waals surface area contributed by atoms with Crippen LogP contribution in [0.2, 0.25) is 0 Å². The number of hydrogen-bond acceptors (Lipinski definition) is 3. The zero-order valence-corrected chi connectivity index (χ0v) is 16.1. The summed E-state index contributed by atoms with van der Waals surface area (Å²) in [7, 11) is 1.94. The molecule has 0 bridgehead atoms. The molecule has 1 amide bonds. The summed E-state index contributed by atoms with van der Waals surface area (Å²) < 4.78 is 5.49. The van der Waals surface area contributed by atoms with E-state index in [9.17, 15) is 4.79 Å². The summed E-state index contributed by atoms with van der Waals surface area (Å²) in [6.07, 6.45) is 3.13. The van der Waals surface area contributed by atoms with E-state index >= 15 is 0 Å². The molecule has 1 heterocycles. The number of amides is 1. The molecule has 0 radical (unpaired) electrons. The molecule has 2 aliphatic rings. The van der Waals surface area contributed by atoms with Crippen molar-refractivity contribution in [3.8, 4) is 0 Å². The van der Waals surface area contributed by atoms with Gasteiger partial charge < -0.3 is 14.5 Å². The Morgan fingerprint density at radius 1 is 1.11 bits per heavy atom. The van der Waals surface area contributed by atoms with E-state index in [4.69, 9.17) is 4.74 Å². The third-order valence-electron chi connectivity index (χ3n) is 5.79. The number of carbonyl (C=O) groups excluding carboxylic acids is 1. The summed E-state index contributed by atoms with van der Waals surface area (Å²) in [6, 6.07) is 16.9. The number of benzene rings is 2. The van der Waals surface area contributed by atoms with Crippen molar-refractivity contribution >= 4 is 11.6 Å². The van der Waals surface area contributed by atoms with Crippen molar-refractivity contribution < 1.29 is 9.53 Å². The van der Waals surface area contributed by atoms with Gasteiger partial charge in [-0.15, -0.1) is 0 Å². The summed E-state index contributed by atoms with van der Waals surface area (Å²) in [4.78, 5) is 17.5. The van der Waals surface area contributed by atoms with Crippen molar-refractivity contribution in [3.63, 3.8) is 0 Å². The highest BCUT2D eigenvalue weighted by molar-refractivity contribution is 5.84. The molecule has 27 heavy (non-hydrogen) atoms. The number of hydrogen-bond donors (Lipinski definition) is 0. The molecule has 0 N–H and O–H groups in total. The molecule has 0 aromatic heterocycles. The van der Waals surface area contributed by atoms with E-state index < -0.39 is 0 Å². The van der Waals surface area contributed by atoms with Gasteiger partial charge in [0.15, 0.2) is 0 Å². The average Bonchev–Trinajstić information content (AvgIpc) is 2.74. The maximum Gasteiger partial charge on any atom is 0.230 e. The number of morpholine rings is 1. The Kier molecular flexibility index (Phi) is 5.44. The number of rotatable bonds is 4. The van der Waals surface area contributed by atoms with Gasteiger partial charge in [-0.05, 0) is 42.0 Å². The first kappa shape index (κ1) is 18.1. The Morgan fingerprint density at radius 3 is 2.70 bits per heavy atom. The predicted molar refractivity (Wildman–Crippen MR) is 108 cm³/mol. The molecule has 1 aliphatic heterocycles. The predicted octanol–water partition coefficient (Wildman–Crippen LogP) is 3.60. The van der Waals surface area contributed by atoms with Crippen LogP contribution < -0.4 is 4.90 Å². The maximum absolute atomic E-state index is 13.2. The van der Waals surface area contributed by atoms with Gasteiger partial charge in [-0.2, -0.15) is 0 Å². The van der Waals surface area contributed by atoms with E-state index in [-0.39, 0.29) is 11.8 Å². The van der Waals surface area contributed by atoms with Crippen LogP contribution in [-0.2, 0) is 22.5 Å². The van der Waals surface area contributed by atoms with E-state index in [0.29, 0.717) is 6.54 Å².